The number of hydrogen-bond donors (Lipinski definition) is 0. The van der Waals surface area contributed by atoms with E-state index in [2.05, 4.69) is 6.92 Å². The molecule has 0 spiro atoms. The molecular weight excluding hydrogens is 324 g/mol. The van der Waals surface area contributed by atoms with Gasteiger partial charge in [0.2, 0.25) is 0 Å². The van der Waals surface area contributed by atoms with Gasteiger partial charge in [0.05, 0.1) is 12.2 Å². The molecule has 0 saturated carbocycles. The average molecular weight is 365 g/mol. The van der Waals surface area contributed by atoms with Gasteiger partial charge in [0, 0.05) is 0 Å². The molecule has 0 amide bonds. The molecular formula is C19H40O4S. The summed E-state index contributed by atoms with van der Waals surface area (Å²) in [5, 5.41) is 0. The quantitative estimate of drug-likeness (QED) is 0.290. The molecule has 0 heterocycles. The molecule has 0 aromatic rings. The minimum atomic E-state index is -3.89. The van der Waals surface area contributed by atoms with Crippen molar-refractivity contribution < 1.29 is 16.8 Å². The predicted molar refractivity (Wildman–Crippen MR) is 101 cm³/mol. The van der Waals surface area contributed by atoms with E-state index in [9.17, 15) is 8.42 Å². The standard InChI is InChI=1S/C19H40O4S/c1-5-9-10-11-12-13-14-15-16-17-18-22-24(20,21)23-19(6-2,7-3)8-4/h5-18H2,1-4H3. The van der Waals surface area contributed by atoms with Crippen molar-refractivity contribution in [2.24, 2.45) is 0 Å². The van der Waals surface area contributed by atoms with E-state index in [0.29, 0.717) is 19.3 Å². The largest absolute Gasteiger partial charge is 0.400 e. The highest BCUT2D eigenvalue weighted by molar-refractivity contribution is 7.81. The molecule has 0 aromatic heterocycles. The monoisotopic (exact) mass is 364 g/mol. The third kappa shape index (κ3) is 11.4. The molecule has 0 unspecified atom stereocenters. The lowest BCUT2D eigenvalue weighted by Gasteiger charge is -2.28. The predicted octanol–water partition coefficient (Wildman–Crippen LogP) is 6.15. The van der Waals surface area contributed by atoms with Crippen LogP contribution in [0.2, 0.25) is 0 Å². The molecule has 0 bridgehead atoms. The van der Waals surface area contributed by atoms with Crippen molar-refractivity contribution >= 4 is 10.4 Å². The van der Waals surface area contributed by atoms with Crippen LogP contribution in [-0.4, -0.2) is 20.6 Å². The molecule has 24 heavy (non-hydrogen) atoms. The molecule has 0 aromatic carbocycles. The average Bonchev–Trinajstić information content (AvgIpc) is 2.57. The molecule has 0 aliphatic carbocycles. The van der Waals surface area contributed by atoms with Crippen LogP contribution in [0, 0.1) is 0 Å². The molecule has 5 heteroatoms. The molecule has 0 aliphatic rings. The summed E-state index contributed by atoms with van der Waals surface area (Å²) < 4.78 is 34.2. The van der Waals surface area contributed by atoms with Crippen molar-refractivity contribution in [3.05, 3.63) is 0 Å². The van der Waals surface area contributed by atoms with Crippen LogP contribution in [0.15, 0.2) is 0 Å². The van der Waals surface area contributed by atoms with Crippen LogP contribution in [0.3, 0.4) is 0 Å². The second-order valence-electron chi connectivity index (χ2n) is 6.74. The zero-order chi connectivity index (χ0) is 18.3. The van der Waals surface area contributed by atoms with Crippen LogP contribution in [0.5, 0.6) is 0 Å². The Morgan fingerprint density at radius 3 is 1.50 bits per heavy atom. The highest BCUT2D eigenvalue weighted by atomic mass is 32.3. The smallest absolute Gasteiger partial charge is 0.248 e. The van der Waals surface area contributed by atoms with Crippen molar-refractivity contribution in [3.63, 3.8) is 0 Å². The Hall–Kier alpha value is -0.130. The second kappa shape index (κ2) is 14.1. The van der Waals surface area contributed by atoms with E-state index < -0.39 is 16.0 Å². The normalized spacial score (nSPS) is 12.7. The number of unbranched alkanes of at least 4 members (excludes halogenated alkanes) is 9. The summed E-state index contributed by atoms with van der Waals surface area (Å²) in [5.41, 5.74) is -0.614. The third-order valence-corrected chi connectivity index (χ3v) is 5.95. The minimum Gasteiger partial charge on any atom is -0.248 e. The van der Waals surface area contributed by atoms with Gasteiger partial charge in [-0.1, -0.05) is 85.5 Å². The molecule has 146 valence electrons. The highest BCUT2D eigenvalue weighted by Gasteiger charge is 2.32. The second-order valence-corrected chi connectivity index (χ2v) is 7.96. The summed E-state index contributed by atoms with van der Waals surface area (Å²) in [7, 11) is -3.89. The topological polar surface area (TPSA) is 52.6 Å². The molecule has 0 radical (unpaired) electrons. The summed E-state index contributed by atoms with van der Waals surface area (Å²) in [6, 6.07) is 0. The lowest BCUT2D eigenvalue weighted by Crippen LogP contribution is -2.34. The lowest BCUT2D eigenvalue weighted by atomic mass is 9.95. The number of rotatable bonds is 17. The van der Waals surface area contributed by atoms with Gasteiger partial charge in [-0.15, -0.1) is 0 Å². The molecule has 4 nitrogen and oxygen atoms in total. The molecule has 0 atom stereocenters. The SMILES string of the molecule is CCCCCCCCCCCCOS(=O)(=O)OC(CC)(CC)CC. The van der Waals surface area contributed by atoms with E-state index in [1.165, 1.54) is 44.9 Å². The number of hydrogen-bond acceptors (Lipinski definition) is 4. The Morgan fingerprint density at radius 1 is 0.667 bits per heavy atom. The summed E-state index contributed by atoms with van der Waals surface area (Å²) in [6.45, 7) is 8.31. The van der Waals surface area contributed by atoms with Gasteiger partial charge >= 0.3 is 10.4 Å². The van der Waals surface area contributed by atoms with E-state index in [1.54, 1.807) is 0 Å². The van der Waals surface area contributed by atoms with E-state index in [1.807, 2.05) is 20.8 Å². The van der Waals surface area contributed by atoms with Gasteiger partial charge in [0.25, 0.3) is 0 Å². The minimum absolute atomic E-state index is 0.228. The maximum absolute atomic E-state index is 11.9. The zero-order valence-corrected chi connectivity index (χ0v) is 17.3. The van der Waals surface area contributed by atoms with Crippen LogP contribution in [0.4, 0.5) is 0 Å². The third-order valence-electron chi connectivity index (χ3n) is 4.94. The van der Waals surface area contributed by atoms with Gasteiger partial charge in [0.1, 0.15) is 0 Å². The van der Waals surface area contributed by atoms with Gasteiger partial charge in [-0.05, 0) is 25.7 Å². The summed E-state index contributed by atoms with van der Waals surface area (Å²) in [4.78, 5) is 0. The summed E-state index contributed by atoms with van der Waals surface area (Å²) >= 11 is 0. The van der Waals surface area contributed by atoms with Gasteiger partial charge < -0.3 is 0 Å². The first kappa shape index (κ1) is 23.9. The Labute approximate surface area is 151 Å². The van der Waals surface area contributed by atoms with Crippen LogP contribution in [0.1, 0.15) is 111 Å². The first-order chi connectivity index (χ1) is 11.4. The highest BCUT2D eigenvalue weighted by Crippen LogP contribution is 2.27. The van der Waals surface area contributed by atoms with E-state index in [-0.39, 0.29) is 6.61 Å². The van der Waals surface area contributed by atoms with Crippen molar-refractivity contribution in [2.75, 3.05) is 6.61 Å². The maximum atomic E-state index is 11.9. The first-order valence-electron chi connectivity index (χ1n) is 10.0. The molecule has 0 fully saturated rings. The van der Waals surface area contributed by atoms with Crippen molar-refractivity contribution in [1.82, 2.24) is 0 Å². The van der Waals surface area contributed by atoms with Crippen molar-refractivity contribution in [2.45, 2.75) is 117 Å². The summed E-state index contributed by atoms with van der Waals surface area (Å²) in [5.74, 6) is 0. The fraction of sp³-hybridized carbons (Fsp3) is 1.00. The first-order valence-corrected chi connectivity index (χ1v) is 11.4. The van der Waals surface area contributed by atoms with Gasteiger partial charge in [-0.25, -0.2) is 8.37 Å². The molecule has 0 rings (SSSR count). The lowest BCUT2D eigenvalue weighted by molar-refractivity contribution is 0.0416. The maximum Gasteiger partial charge on any atom is 0.400 e. The summed E-state index contributed by atoms with van der Waals surface area (Å²) in [6.07, 6.45) is 14.2. The van der Waals surface area contributed by atoms with E-state index in [0.717, 1.165) is 19.3 Å². The van der Waals surface area contributed by atoms with Gasteiger partial charge in [-0.3, -0.25) is 0 Å². The Bertz CT molecular complexity index is 367. The molecule has 0 saturated heterocycles. The fourth-order valence-corrected chi connectivity index (χ4v) is 4.07. The van der Waals surface area contributed by atoms with Crippen molar-refractivity contribution in [3.8, 4) is 0 Å². The molecule has 0 N–H and O–H groups in total. The zero-order valence-electron chi connectivity index (χ0n) is 16.4. The van der Waals surface area contributed by atoms with Gasteiger partial charge in [0.15, 0.2) is 0 Å². The van der Waals surface area contributed by atoms with Crippen LogP contribution in [0.25, 0.3) is 0 Å². The van der Waals surface area contributed by atoms with E-state index in [4.69, 9.17) is 8.37 Å². The van der Waals surface area contributed by atoms with Crippen LogP contribution >= 0.6 is 0 Å². The van der Waals surface area contributed by atoms with E-state index >= 15 is 0 Å². The molecule has 0 aliphatic heterocycles. The van der Waals surface area contributed by atoms with Gasteiger partial charge in [-0.2, -0.15) is 8.42 Å². The Balaban J connectivity index is 3.72. The Morgan fingerprint density at radius 2 is 1.08 bits per heavy atom. The fourth-order valence-electron chi connectivity index (χ4n) is 2.92. The van der Waals surface area contributed by atoms with Crippen molar-refractivity contribution in [1.29, 1.82) is 0 Å². The van der Waals surface area contributed by atoms with Crippen LogP contribution in [-0.2, 0) is 18.8 Å². The van der Waals surface area contributed by atoms with Crippen LogP contribution < -0.4 is 0 Å². The Kier molecular flexibility index (Phi) is 14.0.